The fraction of sp³-hybridized carbons (Fsp3) is 0.469. The molecule has 0 spiro atoms. The number of nitrogens with two attached hydrogens (primary N) is 1. The molecule has 0 saturated carbocycles. The molecule has 0 bridgehead atoms. The summed E-state index contributed by atoms with van der Waals surface area (Å²) < 4.78 is 75.6. The summed E-state index contributed by atoms with van der Waals surface area (Å²) in [7, 11) is -15.5. The fourth-order valence-corrected chi connectivity index (χ4v) is 8.07. The number of rotatable bonds is 26. The summed E-state index contributed by atoms with van der Waals surface area (Å²) >= 11 is 0. The van der Waals surface area contributed by atoms with Crippen molar-refractivity contribution < 1.29 is 84.5 Å². The Hall–Kier alpha value is -3.76. The van der Waals surface area contributed by atoms with Crippen molar-refractivity contribution >= 4 is 52.8 Å². The maximum atomic E-state index is 12.7. The van der Waals surface area contributed by atoms with Gasteiger partial charge in [-0.3, -0.25) is 18.7 Å². The predicted octanol–water partition coefficient (Wildman–Crippen LogP) is 2.17. The Balaban J connectivity index is 1.54. The van der Waals surface area contributed by atoms with Crippen molar-refractivity contribution in [2.75, 3.05) is 45.8 Å². The predicted molar refractivity (Wildman–Crippen MR) is 201 cm³/mol. The molecule has 2 aromatic rings. The van der Waals surface area contributed by atoms with Crippen molar-refractivity contribution in [3.63, 3.8) is 0 Å². The summed E-state index contributed by atoms with van der Waals surface area (Å²) in [5, 5.41) is 2.61. The molecule has 7 N–H and O–H groups in total. The maximum Gasteiger partial charge on any atom is 0.490 e. The highest BCUT2D eigenvalue weighted by Crippen LogP contribution is 2.66. The first kappa shape index (κ1) is 48.6. The van der Waals surface area contributed by atoms with Gasteiger partial charge >= 0.3 is 29.2 Å². The van der Waals surface area contributed by atoms with Crippen LogP contribution in [0.3, 0.4) is 0 Å². The van der Waals surface area contributed by atoms with E-state index in [1.165, 1.54) is 38.5 Å². The second-order valence-electron chi connectivity index (χ2n) is 12.2. The summed E-state index contributed by atoms with van der Waals surface area (Å²) in [5.74, 6) is -0.456. The molecule has 4 unspecified atom stereocenters. The van der Waals surface area contributed by atoms with Crippen LogP contribution in [0.2, 0.25) is 0 Å². The van der Waals surface area contributed by atoms with Gasteiger partial charge in [0, 0.05) is 50.2 Å². The van der Waals surface area contributed by atoms with Gasteiger partial charge < -0.3 is 59.1 Å². The van der Waals surface area contributed by atoms with Gasteiger partial charge in [-0.2, -0.15) is 13.6 Å². The number of carbonyl (C=O) groups is 3. The number of benzene rings is 1. The Bertz CT molecular complexity index is 1990. The number of anilines is 1. The molecule has 0 radical (unpaired) electrons. The molecule has 2 heterocycles. The molecular formula is C32H45N4O19P3. The molecule has 322 valence electrons. The fourth-order valence-electron chi connectivity index (χ4n) is 5.04. The number of phosphoric ester groups is 1. The minimum Gasteiger partial charge on any atom is -0.488 e. The molecule has 1 aliphatic heterocycles. The van der Waals surface area contributed by atoms with Crippen molar-refractivity contribution in [3.8, 4) is 5.75 Å². The Morgan fingerprint density at radius 3 is 2.53 bits per heavy atom. The quantitative estimate of drug-likeness (QED) is 0.0341. The van der Waals surface area contributed by atoms with Crippen molar-refractivity contribution in [2.45, 2.75) is 57.3 Å². The molecule has 6 atom stereocenters. The first-order valence-corrected chi connectivity index (χ1v) is 21.6. The standard InChI is InChI=1S/C32H45N4O19P3/c1-4-14-49-30(20-50-24-11-6-9-22(15-24)25(38)12-5-8-21(2)37)51-19-28(39)34-13-7-10-23-17-36(32(40)35-31(23)33)29-16-26(48-3)27(53-29)18-52-57(44,45)55-58(46,47)54-56(41,42)43/h4,6-7,9-11,15,17,26-27,29-30H,1,5,8,12-14,16,18-20H2,2-3H3,(H,34,39)(H,44,45)(H,46,47)(H2,33,35,40)(H2,41,42,43)/b10-7+/t26-,27?,29+,30?/m0/s1. The van der Waals surface area contributed by atoms with E-state index in [4.69, 9.17) is 39.2 Å². The molecule has 58 heavy (non-hydrogen) atoms. The number of ketones is 2. The van der Waals surface area contributed by atoms with Gasteiger partial charge in [-0.15, -0.1) is 6.58 Å². The normalized spacial score (nSPS) is 19.6. The second-order valence-corrected chi connectivity index (χ2v) is 16.6. The third-order valence-corrected chi connectivity index (χ3v) is 11.4. The van der Waals surface area contributed by atoms with E-state index in [2.05, 4.69) is 30.0 Å². The zero-order chi connectivity index (χ0) is 43.1. The van der Waals surface area contributed by atoms with Gasteiger partial charge in [-0.05, 0) is 25.5 Å². The second kappa shape index (κ2) is 22.6. The average molecular weight is 883 g/mol. The lowest BCUT2D eigenvalue weighted by Gasteiger charge is -2.20. The number of amides is 1. The van der Waals surface area contributed by atoms with Gasteiger partial charge in [0.25, 0.3) is 0 Å². The van der Waals surface area contributed by atoms with Crippen LogP contribution in [0.1, 0.15) is 54.8 Å². The topological polar surface area (TPSA) is 330 Å². The van der Waals surface area contributed by atoms with E-state index in [0.717, 1.165) is 4.57 Å². The molecule has 23 nitrogen and oxygen atoms in total. The van der Waals surface area contributed by atoms with Gasteiger partial charge in [0.05, 0.1) is 19.3 Å². The van der Waals surface area contributed by atoms with Crippen LogP contribution in [-0.4, -0.2) is 105 Å². The maximum absolute atomic E-state index is 12.7. The highest BCUT2D eigenvalue weighted by molar-refractivity contribution is 7.66. The highest BCUT2D eigenvalue weighted by atomic mass is 31.3. The van der Waals surface area contributed by atoms with Crippen molar-refractivity contribution in [1.82, 2.24) is 14.9 Å². The van der Waals surface area contributed by atoms with Crippen LogP contribution in [0.15, 0.2) is 54.0 Å². The van der Waals surface area contributed by atoms with E-state index in [9.17, 15) is 42.7 Å². The van der Waals surface area contributed by atoms with Crippen molar-refractivity contribution in [3.05, 3.63) is 70.8 Å². The lowest BCUT2D eigenvalue weighted by Crippen LogP contribution is -2.33. The first-order chi connectivity index (χ1) is 27.2. The summed E-state index contributed by atoms with van der Waals surface area (Å²) in [5.41, 5.74) is 5.75. The molecule has 1 saturated heterocycles. The van der Waals surface area contributed by atoms with Crippen LogP contribution >= 0.6 is 23.5 Å². The van der Waals surface area contributed by atoms with Gasteiger partial charge in [-0.25, -0.2) is 18.5 Å². The molecule has 1 amide bonds. The van der Waals surface area contributed by atoms with Crippen LogP contribution in [0.5, 0.6) is 5.75 Å². The average Bonchev–Trinajstić information content (AvgIpc) is 3.54. The largest absolute Gasteiger partial charge is 0.490 e. The number of Topliss-reactive ketones (excluding diaryl/α,β-unsaturated/α-hetero) is 2. The zero-order valence-electron chi connectivity index (χ0n) is 31.2. The number of hydrogen-bond donors (Lipinski definition) is 6. The Kier molecular flexibility index (Phi) is 18.9. The number of phosphoric acid groups is 3. The van der Waals surface area contributed by atoms with Gasteiger partial charge in [0.1, 0.15) is 42.9 Å². The van der Waals surface area contributed by atoms with Crippen LogP contribution in [0.4, 0.5) is 5.82 Å². The molecular weight excluding hydrogens is 837 g/mol. The van der Waals surface area contributed by atoms with Crippen LogP contribution in [0, 0.1) is 0 Å². The Labute approximate surface area is 331 Å². The number of nitrogens with one attached hydrogen (secondary N) is 1. The number of nitrogens with zero attached hydrogens (tertiary/aromatic N) is 2. The molecule has 3 rings (SSSR count). The summed E-state index contributed by atoms with van der Waals surface area (Å²) in [4.78, 5) is 89.2. The Morgan fingerprint density at radius 1 is 1.12 bits per heavy atom. The van der Waals surface area contributed by atoms with Crippen LogP contribution < -0.4 is 21.5 Å². The van der Waals surface area contributed by atoms with E-state index in [0.29, 0.717) is 24.2 Å². The molecule has 1 aromatic heterocycles. The van der Waals surface area contributed by atoms with E-state index >= 15 is 0 Å². The third-order valence-electron chi connectivity index (χ3n) is 7.61. The highest BCUT2D eigenvalue weighted by Gasteiger charge is 2.43. The van der Waals surface area contributed by atoms with E-state index in [1.807, 2.05) is 0 Å². The van der Waals surface area contributed by atoms with Gasteiger partial charge in [0.15, 0.2) is 12.1 Å². The summed E-state index contributed by atoms with van der Waals surface area (Å²) in [6.45, 7) is 3.76. The van der Waals surface area contributed by atoms with Gasteiger partial charge in [0.2, 0.25) is 5.91 Å². The lowest BCUT2D eigenvalue weighted by molar-refractivity contribution is -0.162. The third kappa shape index (κ3) is 17.2. The first-order valence-electron chi connectivity index (χ1n) is 17.1. The van der Waals surface area contributed by atoms with Crippen molar-refractivity contribution in [2.24, 2.45) is 0 Å². The molecule has 0 aliphatic carbocycles. The summed E-state index contributed by atoms with van der Waals surface area (Å²) in [6, 6.07) is 6.50. The lowest BCUT2D eigenvalue weighted by atomic mass is 10.0. The number of methoxy groups -OCH3 is 1. The van der Waals surface area contributed by atoms with E-state index < -0.39 is 73.0 Å². The number of hydrogen-bond acceptors (Lipinski definition) is 17. The molecule has 1 aliphatic rings. The minimum atomic E-state index is -5.75. The number of nitrogen functional groups attached to an aromatic ring is 1. The van der Waals surface area contributed by atoms with E-state index in [1.54, 1.807) is 24.3 Å². The minimum absolute atomic E-state index is 0.00608. The monoisotopic (exact) mass is 882 g/mol. The van der Waals surface area contributed by atoms with E-state index in [-0.39, 0.29) is 55.5 Å². The SMILES string of the molecule is C=CCOC(COc1cccc(C(=O)CCCC(C)=O)c1)OCC(=O)NC/C=C/c1cn([C@H]2C[C@H](OC)C(COP(=O)(O)OP(=O)(O)OP(=O)(O)O)O2)c(=O)nc1N. The number of aromatic nitrogens is 2. The zero-order valence-corrected chi connectivity index (χ0v) is 33.9. The van der Waals surface area contributed by atoms with Crippen LogP contribution in [0.25, 0.3) is 6.08 Å². The summed E-state index contributed by atoms with van der Waals surface area (Å²) in [6.07, 6.45) is 2.58. The Morgan fingerprint density at radius 2 is 1.86 bits per heavy atom. The number of carbonyl (C=O) groups excluding carboxylic acids is 3. The molecule has 1 fully saturated rings. The van der Waals surface area contributed by atoms with Crippen molar-refractivity contribution in [1.29, 1.82) is 0 Å². The molecule has 26 heteroatoms. The smallest absolute Gasteiger partial charge is 0.488 e. The molecule has 1 aromatic carbocycles. The number of ether oxygens (including phenoxy) is 5. The van der Waals surface area contributed by atoms with Crippen LogP contribution in [-0.2, 0) is 55.4 Å². The van der Waals surface area contributed by atoms with Gasteiger partial charge in [-0.1, -0.05) is 30.4 Å².